The van der Waals surface area contributed by atoms with Crippen LogP contribution in [0, 0.1) is 11.3 Å². The Hall–Kier alpha value is -2.11. The van der Waals surface area contributed by atoms with E-state index in [9.17, 15) is 13.2 Å². The quantitative estimate of drug-likeness (QED) is 0.866. The molecule has 8 heteroatoms. The first-order valence-corrected chi connectivity index (χ1v) is 10.2. The summed E-state index contributed by atoms with van der Waals surface area (Å²) in [6.07, 6.45) is 0.568. The van der Waals surface area contributed by atoms with E-state index in [-0.39, 0.29) is 11.8 Å². The third-order valence-electron chi connectivity index (χ3n) is 4.04. The molecule has 7 nitrogen and oxygen atoms in total. The number of hydrogen-bond donors (Lipinski definition) is 1. The number of benzene rings is 1. The van der Waals surface area contributed by atoms with Crippen LogP contribution in [0.15, 0.2) is 24.3 Å². The molecule has 2 rings (SSSR count). The molecule has 0 aromatic heterocycles. The van der Waals surface area contributed by atoms with E-state index >= 15 is 0 Å². The molecular formula is C18H25N3O4S. The van der Waals surface area contributed by atoms with Gasteiger partial charge >= 0.3 is 6.09 Å². The number of nitriles is 1. The molecule has 0 unspecified atom stereocenters. The van der Waals surface area contributed by atoms with Crippen molar-refractivity contribution < 1.29 is 17.9 Å². The van der Waals surface area contributed by atoms with Crippen LogP contribution in [0.5, 0.6) is 0 Å². The molecule has 1 saturated heterocycles. The van der Waals surface area contributed by atoms with E-state index in [4.69, 9.17) is 10.00 Å². The summed E-state index contributed by atoms with van der Waals surface area (Å²) in [5, 5.41) is 11.9. The number of nitrogens with one attached hydrogen (secondary N) is 1. The molecule has 0 aliphatic carbocycles. The van der Waals surface area contributed by atoms with Crippen molar-refractivity contribution in [1.29, 1.82) is 5.26 Å². The van der Waals surface area contributed by atoms with E-state index in [1.807, 2.05) is 6.07 Å². The average molecular weight is 379 g/mol. The molecule has 0 bridgehead atoms. The number of piperidine rings is 1. The fraction of sp³-hybridized carbons (Fsp3) is 0.556. The molecule has 1 amide bonds. The molecule has 0 atom stereocenters. The van der Waals surface area contributed by atoms with Crippen LogP contribution in [-0.2, 0) is 20.5 Å². The van der Waals surface area contributed by atoms with Crippen molar-refractivity contribution in [3.63, 3.8) is 0 Å². The molecule has 0 saturated carbocycles. The monoisotopic (exact) mass is 379 g/mol. The van der Waals surface area contributed by atoms with Crippen molar-refractivity contribution in [1.82, 2.24) is 9.62 Å². The van der Waals surface area contributed by atoms with Gasteiger partial charge in [-0.05, 0) is 45.2 Å². The van der Waals surface area contributed by atoms with Crippen molar-refractivity contribution >= 4 is 16.1 Å². The Bertz CT molecular complexity index is 785. The van der Waals surface area contributed by atoms with Gasteiger partial charge in [0.2, 0.25) is 10.0 Å². The van der Waals surface area contributed by atoms with E-state index in [1.54, 1.807) is 45.0 Å². The van der Waals surface area contributed by atoms with Gasteiger partial charge in [-0.1, -0.05) is 18.2 Å². The third kappa shape index (κ3) is 5.71. The number of amides is 1. The Morgan fingerprint density at radius 3 is 2.50 bits per heavy atom. The lowest BCUT2D eigenvalue weighted by molar-refractivity contribution is 0.0489. The zero-order valence-electron chi connectivity index (χ0n) is 15.4. The summed E-state index contributed by atoms with van der Waals surface area (Å²) in [6.45, 7) is 6.04. The van der Waals surface area contributed by atoms with Crippen molar-refractivity contribution in [2.75, 3.05) is 13.1 Å². The Morgan fingerprint density at radius 1 is 1.31 bits per heavy atom. The van der Waals surface area contributed by atoms with Gasteiger partial charge in [0.25, 0.3) is 0 Å². The summed E-state index contributed by atoms with van der Waals surface area (Å²) < 4.78 is 31.9. The van der Waals surface area contributed by atoms with Crippen LogP contribution in [-0.4, -0.2) is 43.5 Å². The molecule has 1 aliphatic rings. The minimum atomic E-state index is -3.51. The van der Waals surface area contributed by atoms with Crippen LogP contribution in [0.1, 0.15) is 44.7 Å². The molecule has 142 valence electrons. The number of hydrogen-bond acceptors (Lipinski definition) is 5. The zero-order valence-corrected chi connectivity index (χ0v) is 16.2. The Balaban J connectivity index is 1.92. The zero-order chi connectivity index (χ0) is 19.4. The minimum Gasteiger partial charge on any atom is -0.444 e. The van der Waals surface area contributed by atoms with E-state index in [1.165, 1.54) is 4.31 Å². The fourth-order valence-electron chi connectivity index (χ4n) is 2.80. The summed E-state index contributed by atoms with van der Waals surface area (Å²) >= 11 is 0. The van der Waals surface area contributed by atoms with Crippen LogP contribution < -0.4 is 5.32 Å². The number of nitrogens with zero attached hydrogens (tertiary/aromatic N) is 2. The summed E-state index contributed by atoms with van der Waals surface area (Å²) in [6, 6.07) is 8.62. The number of carbonyl (C=O) groups is 1. The fourth-order valence-corrected chi connectivity index (χ4v) is 4.39. The second-order valence-corrected chi connectivity index (χ2v) is 9.31. The Morgan fingerprint density at radius 2 is 1.92 bits per heavy atom. The SMILES string of the molecule is CC(C)(C)OC(=O)NC1CCN(S(=O)(=O)Cc2ccccc2C#N)CC1. The van der Waals surface area contributed by atoms with Gasteiger partial charge in [0.15, 0.2) is 0 Å². The smallest absolute Gasteiger partial charge is 0.407 e. The van der Waals surface area contributed by atoms with E-state index in [2.05, 4.69) is 5.32 Å². The van der Waals surface area contributed by atoms with Crippen molar-refractivity contribution in [2.45, 2.75) is 51.0 Å². The van der Waals surface area contributed by atoms with Crippen LogP contribution in [0.25, 0.3) is 0 Å². The Kier molecular flexibility index (Phi) is 6.26. The van der Waals surface area contributed by atoms with Gasteiger partial charge in [-0.3, -0.25) is 0 Å². The normalized spacial score (nSPS) is 16.7. The van der Waals surface area contributed by atoms with Gasteiger partial charge in [-0.25, -0.2) is 17.5 Å². The van der Waals surface area contributed by atoms with Crippen molar-refractivity contribution in [3.8, 4) is 6.07 Å². The molecule has 1 N–H and O–H groups in total. The molecular weight excluding hydrogens is 354 g/mol. The van der Waals surface area contributed by atoms with Gasteiger partial charge in [-0.15, -0.1) is 0 Å². The largest absolute Gasteiger partial charge is 0.444 e. The van der Waals surface area contributed by atoms with Gasteiger partial charge in [0, 0.05) is 19.1 Å². The van der Waals surface area contributed by atoms with Crippen LogP contribution >= 0.6 is 0 Å². The predicted molar refractivity (Wildman–Crippen MR) is 97.7 cm³/mol. The van der Waals surface area contributed by atoms with E-state index < -0.39 is 21.7 Å². The summed E-state index contributed by atoms with van der Waals surface area (Å²) in [7, 11) is -3.51. The number of rotatable bonds is 4. The van der Waals surface area contributed by atoms with E-state index in [0.717, 1.165) is 0 Å². The lowest BCUT2D eigenvalue weighted by Gasteiger charge is -2.32. The highest BCUT2D eigenvalue weighted by Gasteiger charge is 2.30. The molecule has 1 heterocycles. The molecule has 26 heavy (non-hydrogen) atoms. The highest BCUT2D eigenvalue weighted by atomic mass is 32.2. The first kappa shape index (κ1) is 20.2. The summed E-state index contributed by atoms with van der Waals surface area (Å²) in [5.41, 5.74) is 0.309. The van der Waals surface area contributed by atoms with Crippen molar-refractivity contribution in [3.05, 3.63) is 35.4 Å². The third-order valence-corrected chi connectivity index (χ3v) is 5.87. The summed E-state index contributed by atoms with van der Waals surface area (Å²) in [4.78, 5) is 11.8. The maximum atomic E-state index is 12.6. The van der Waals surface area contributed by atoms with Gasteiger partial charge in [0.1, 0.15) is 5.60 Å². The Labute approximate surface area is 155 Å². The first-order chi connectivity index (χ1) is 12.1. The van der Waals surface area contributed by atoms with Crippen molar-refractivity contribution in [2.24, 2.45) is 0 Å². The highest BCUT2D eigenvalue weighted by molar-refractivity contribution is 7.88. The maximum Gasteiger partial charge on any atom is 0.407 e. The lowest BCUT2D eigenvalue weighted by Crippen LogP contribution is -2.47. The molecule has 0 radical (unpaired) electrons. The number of ether oxygens (including phenoxy) is 1. The predicted octanol–water partition coefficient (Wildman–Crippen LogP) is 2.38. The van der Waals surface area contributed by atoms with Gasteiger partial charge in [-0.2, -0.15) is 5.26 Å². The maximum absolute atomic E-state index is 12.6. The lowest BCUT2D eigenvalue weighted by atomic mass is 10.1. The standard InChI is InChI=1S/C18H25N3O4S/c1-18(2,3)25-17(22)20-16-8-10-21(11-9-16)26(23,24)13-15-7-5-4-6-14(15)12-19/h4-7,16H,8-11,13H2,1-3H3,(H,20,22). The highest BCUT2D eigenvalue weighted by Crippen LogP contribution is 2.20. The first-order valence-electron chi connectivity index (χ1n) is 8.56. The molecule has 1 aromatic rings. The second kappa shape index (κ2) is 8.06. The van der Waals surface area contributed by atoms with Gasteiger partial charge < -0.3 is 10.1 Å². The van der Waals surface area contributed by atoms with Crippen LogP contribution in [0.2, 0.25) is 0 Å². The van der Waals surface area contributed by atoms with Gasteiger partial charge in [0.05, 0.1) is 17.4 Å². The second-order valence-electron chi connectivity index (χ2n) is 7.34. The summed E-state index contributed by atoms with van der Waals surface area (Å²) in [5.74, 6) is -0.194. The molecule has 1 aliphatic heterocycles. The van der Waals surface area contributed by atoms with Crippen LogP contribution in [0.4, 0.5) is 4.79 Å². The minimum absolute atomic E-state index is 0.109. The molecule has 1 fully saturated rings. The van der Waals surface area contributed by atoms with E-state index in [0.29, 0.717) is 37.1 Å². The average Bonchev–Trinajstić information content (AvgIpc) is 2.53. The molecule has 0 spiro atoms. The number of sulfonamides is 1. The number of carbonyl (C=O) groups excluding carboxylic acids is 1. The topological polar surface area (TPSA) is 99.5 Å². The molecule has 1 aromatic carbocycles. The number of alkyl carbamates (subject to hydrolysis) is 1. The van der Waals surface area contributed by atoms with Crippen LogP contribution in [0.3, 0.4) is 0 Å².